The average molecular weight is 199 g/mol. The maximum Gasteiger partial charge on any atom is 0.252 e. The Balaban J connectivity index is 2.15. The molecule has 0 radical (unpaired) electrons. The molecule has 2 aromatic heterocycles. The number of aromatic nitrogens is 4. The highest BCUT2D eigenvalue weighted by atomic mass is 15.3. The van der Waals surface area contributed by atoms with Gasteiger partial charge in [-0.1, -0.05) is 0 Å². The van der Waals surface area contributed by atoms with Gasteiger partial charge in [0.1, 0.15) is 6.33 Å². The van der Waals surface area contributed by atoms with Crippen LogP contribution in [0.3, 0.4) is 0 Å². The van der Waals surface area contributed by atoms with Crippen LogP contribution in [0.25, 0.3) is 5.78 Å². The lowest BCUT2D eigenvalue weighted by atomic mass is 9.66. The van der Waals surface area contributed by atoms with Crippen LogP contribution in [0.1, 0.15) is 24.8 Å². The maximum absolute atomic E-state index is 9.19. The molecule has 3 rings (SSSR count). The van der Waals surface area contributed by atoms with Crippen molar-refractivity contribution in [3.05, 3.63) is 24.3 Å². The van der Waals surface area contributed by atoms with Crippen molar-refractivity contribution >= 4 is 5.78 Å². The molecule has 0 N–H and O–H groups in total. The third-order valence-corrected chi connectivity index (χ3v) is 3.11. The zero-order valence-corrected chi connectivity index (χ0v) is 8.09. The summed E-state index contributed by atoms with van der Waals surface area (Å²) in [4.78, 5) is 8.14. The summed E-state index contributed by atoms with van der Waals surface area (Å²) in [5.74, 6) is 0.575. The Labute approximate surface area is 86.4 Å². The zero-order chi connectivity index (χ0) is 10.3. The SMILES string of the molecule is N#CC1(c2cnc3ncnn3c2)CCC1. The monoisotopic (exact) mass is 199 g/mol. The van der Waals surface area contributed by atoms with Crippen LogP contribution in [0.15, 0.2) is 18.7 Å². The second-order valence-electron chi connectivity index (χ2n) is 3.89. The Kier molecular flexibility index (Phi) is 1.54. The molecule has 0 aliphatic heterocycles. The van der Waals surface area contributed by atoms with Crippen LogP contribution in [-0.4, -0.2) is 19.6 Å². The summed E-state index contributed by atoms with van der Waals surface area (Å²) in [7, 11) is 0. The molecule has 1 aliphatic carbocycles. The highest BCUT2D eigenvalue weighted by Gasteiger charge is 2.39. The van der Waals surface area contributed by atoms with Gasteiger partial charge in [-0.3, -0.25) is 0 Å². The lowest BCUT2D eigenvalue weighted by Crippen LogP contribution is -2.32. The van der Waals surface area contributed by atoms with E-state index in [4.69, 9.17) is 0 Å². The van der Waals surface area contributed by atoms with Gasteiger partial charge in [-0.25, -0.2) is 9.50 Å². The van der Waals surface area contributed by atoms with Crippen molar-refractivity contribution in [1.29, 1.82) is 5.26 Å². The fourth-order valence-electron chi connectivity index (χ4n) is 1.96. The Bertz CT molecular complexity index is 546. The van der Waals surface area contributed by atoms with E-state index < -0.39 is 0 Å². The molecule has 0 unspecified atom stereocenters. The molecule has 1 aliphatic rings. The molecule has 74 valence electrons. The second kappa shape index (κ2) is 2.76. The summed E-state index contributed by atoms with van der Waals surface area (Å²) in [6.45, 7) is 0. The summed E-state index contributed by atoms with van der Waals surface area (Å²) in [6, 6.07) is 2.39. The van der Waals surface area contributed by atoms with Crippen molar-refractivity contribution in [2.24, 2.45) is 0 Å². The van der Waals surface area contributed by atoms with E-state index >= 15 is 0 Å². The van der Waals surface area contributed by atoms with Gasteiger partial charge in [-0.15, -0.1) is 0 Å². The van der Waals surface area contributed by atoms with Crippen molar-refractivity contribution in [3.63, 3.8) is 0 Å². The average Bonchev–Trinajstić information content (AvgIpc) is 2.64. The van der Waals surface area contributed by atoms with Crippen molar-refractivity contribution in [2.45, 2.75) is 24.7 Å². The molecule has 0 saturated heterocycles. The lowest BCUT2D eigenvalue weighted by molar-refractivity contribution is 0.322. The quantitative estimate of drug-likeness (QED) is 0.689. The van der Waals surface area contributed by atoms with Crippen LogP contribution in [0.2, 0.25) is 0 Å². The maximum atomic E-state index is 9.19. The zero-order valence-electron chi connectivity index (χ0n) is 8.09. The molecule has 2 aromatic rings. The number of nitriles is 1. The van der Waals surface area contributed by atoms with E-state index in [9.17, 15) is 5.26 Å². The van der Waals surface area contributed by atoms with Crippen LogP contribution in [0.4, 0.5) is 0 Å². The van der Waals surface area contributed by atoms with E-state index in [1.54, 1.807) is 10.7 Å². The molecule has 0 bridgehead atoms. The van der Waals surface area contributed by atoms with E-state index in [0.29, 0.717) is 5.78 Å². The van der Waals surface area contributed by atoms with Crippen LogP contribution >= 0.6 is 0 Å². The molecule has 5 nitrogen and oxygen atoms in total. The van der Waals surface area contributed by atoms with E-state index in [-0.39, 0.29) is 5.41 Å². The topological polar surface area (TPSA) is 66.9 Å². The predicted octanol–water partition coefficient (Wildman–Crippen LogP) is 1.07. The number of hydrogen-bond donors (Lipinski definition) is 0. The summed E-state index contributed by atoms with van der Waals surface area (Å²) in [5.41, 5.74) is 0.627. The van der Waals surface area contributed by atoms with Crippen LogP contribution < -0.4 is 0 Å². The third-order valence-electron chi connectivity index (χ3n) is 3.11. The minimum atomic E-state index is -0.326. The van der Waals surface area contributed by atoms with Crippen molar-refractivity contribution in [1.82, 2.24) is 19.6 Å². The minimum absolute atomic E-state index is 0.326. The van der Waals surface area contributed by atoms with Crippen LogP contribution in [-0.2, 0) is 5.41 Å². The molecule has 1 saturated carbocycles. The standard InChI is InChI=1S/C10H9N5/c11-6-10(2-1-3-10)8-4-12-9-13-7-14-15(9)5-8/h4-5,7H,1-3H2. The fourth-order valence-corrected chi connectivity index (χ4v) is 1.96. The van der Waals surface area contributed by atoms with Gasteiger partial charge in [-0.2, -0.15) is 15.3 Å². The van der Waals surface area contributed by atoms with Crippen molar-refractivity contribution in [2.75, 3.05) is 0 Å². The van der Waals surface area contributed by atoms with Crippen molar-refractivity contribution in [3.8, 4) is 6.07 Å². The molecule has 15 heavy (non-hydrogen) atoms. The summed E-state index contributed by atoms with van der Waals surface area (Å²) < 4.78 is 1.62. The summed E-state index contributed by atoms with van der Waals surface area (Å²) in [6.07, 6.45) is 8.02. The first-order valence-electron chi connectivity index (χ1n) is 4.91. The van der Waals surface area contributed by atoms with E-state index in [2.05, 4.69) is 21.1 Å². The van der Waals surface area contributed by atoms with Gasteiger partial charge < -0.3 is 0 Å². The van der Waals surface area contributed by atoms with Gasteiger partial charge in [0, 0.05) is 18.0 Å². The normalized spacial score (nSPS) is 18.3. The highest BCUT2D eigenvalue weighted by molar-refractivity contribution is 5.35. The van der Waals surface area contributed by atoms with E-state index in [1.165, 1.54) is 6.33 Å². The Morgan fingerprint density at radius 1 is 1.40 bits per heavy atom. The Morgan fingerprint density at radius 3 is 2.93 bits per heavy atom. The van der Waals surface area contributed by atoms with Gasteiger partial charge in [0.2, 0.25) is 0 Å². The summed E-state index contributed by atoms with van der Waals surface area (Å²) in [5, 5.41) is 13.2. The van der Waals surface area contributed by atoms with E-state index in [0.717, 1.165) is 24.8 Å². The van der Waals surface area contributed by atoms with Gasteiger partial charge >= 0.3 is 0 Å². The van der Waals surface area contributed by atoms with Gasteiger partial charge in [0.05, 0.1) is 11.5 Å². The number of fused-ring (bicyclic) bond motifs is 1. The number of nitrogens with zero attached hydrogens (tertiary/aromatic N) is 5. The van der Waals surface area contributed by atoms with Gasteiger partial charge in [-0.05, 0) is 19.3 Å². The Hall–Kier alpha value is -1.96. The second-order valence-corrected chi connectivity index (χ2v) is 3.89. The molecule has 0 aromatic carbocycles. The molecule has 1 fully saturated rings. The molecule has 0 atom stereocenters. The van der Waals surface area contributed by atoms with Crippen LogP contribution in [0.5, 0.6) is 0 Å². The van der Waals surface area contributed by atoms with Gasteiger partial charge in [0.15, 0.2) is 0 Å². The largest absolute Gasteiger partial charge is 0.252 e. The highest BCUT2D eigenvalue weighted by Crippen LogP contribution is 2.42. The molecule has 2 heterocycles. The third kappa shape index (κ3) is 1.05. The molecule has 0 amide bonds. The van der Waals surface area contributed by atoms with Crippen LogP contribution in [0, 0.1) is 11.3 Å². The molecule has 5 heteroatoms. The van der Waals surface area contributed by atoms with E-state index in [1.807, 2.05) is 6.20 Å². The smallest absolute Gasteiger partial charge is 0.219 e. The fraction of sp³-hybridized carbons (Fsp3) is 0.400. The molecule has 0 spiro atoms. The minimum Gasteiger partial charge on any atom is -0.219 e. The summed E-state index contributed by atoms with van der Waals surface area (Å²) >= 11 is 0. The van der Waals surface area contributed by atoms with Gasteiger partial charge in [0.25, 0.3) is 5.78 Å². The molecular weight excluding hydrogens is 190 g/mol. The number of rotatable bonds is 1. The first-order valence-corrected chi connectivity index (χ1v) is 4.91. The number of hydrogen-bond acceptors (Lipinski definition) is 4. The Morgan fingerprint density at radius 2 is 2.27 bits per heavy atom. The molecular formula is C10H9N5. The first-order chi connectivity index (χ1) is 7.34. The predicted molar refractivity (Wildman–Crippen MR) is 51.9 cm³/mol. The van der Waals surface area contributed by atoms with Crippen molar-refractivity contribution < 1.29 is 0 Å². The lowest BCUT2D eigenvalue weighted by Gasteiger charge is -2.34. The first kappa shape index (κ1) is 8.36.